The number of phenols is 4. The number of phenolic OH excluding ortho intramolecular Hbond substituents is 4. The minimum atomic E-state index is -1.16. The lowest BCUT2D eigenvalue weighted by Gasteiger charge is -2.46. The lowest BCUT2D eigenvalue weighted by molar-refractivity contribution is -0.134. The number of aromatic nitrogens is 1. The van der Waals surface area contributed by atoms with Gasteiger partial charge in [0.25, 0.3) is 0 Å². The first-order chi connectivity index (χ1) is 32.4. The summed E-state index contributed by atoms with van der Waals surface area (Å²) < 4.78 is 11.7. The number of carbonyl (C=O) groups is 1. The Hall–Kier alpha value is -6.37. The maximum Gasteiger partial charge on any atom is 0.200 e. The van der Waals surface area contributed by atoms with Gasteiger partial charge < -0.3 is 55.7 Å². The number of H-pyrrole nitrogens is 1. The molecule has 12 heteroatoms. The van der Waals surface area contributed by atoms with Crippen molar-refractivity contribution in [1.29, 1.82) is 0 Å². The summed E-state index contributed by atoms with van der Waals surface area (Å²) in [6, 6.07) is 21.6. The van der Waals surface area contributed by atoms with Crippen LogP contribution in [0.1, 0.15) is 80.2 Å². The highest BCUT2D eigenvalue weighted by Crippen LogP contribution is 2.58. The molecule has 2 aliphatic carbocycles. The molecule has 9 rings (SSSR count). The Morgan fingerprint density at radius 2 is 1.82 bits per heavy atom. The summed E-state index contributed by atoms with van der Waals surface area (Å²) in [6.07, 6.45) is 13.1. The van der Waals surface area contributed by atoms with Crippen LogP contribution in [0.15, 0.2) is 115 Å². The van der Waals surface area contributed by atoms with Crippen molar-refractivity contribution in [3.05, 3.63) is 137 Å². The third-order valence-electron chi connectivity index (χ3n) is 15.0. The first-order valence-electron chi connectivity index (χ1n) is 23.8. The number of anilines is 1. The van der Waals surface area contributed by atoms with Gasteiger partial charge in [-0.2, -0.15) is 0 Å². The second kappa shape index (κ2) is 19.5. The van der Waals surface area contributed by atoms with E-state index in [1.165, 1.54) is 13.2 Å². The van der Waals surface area contributed by atoms with Crippen LogP contribution in [0.2, 0.25) is 0 Å². The van der Waals surface area contributed by atoms with Gasteiger partial charge in [0.15, 0.2) is 23.0 Å². The highest BCUT2D eigenvalue weighted by Gasteiger charge is 2.58. The first kappa shape index (κ1) is 45.8. The molecule has 0 unspecified atom stereocenters. The molecule has 3 heterocycles. The molecule has 1 saturated carbocycles. The molecule has 1 aromatic heterocycles. The van der Waals surface area contributed by atoms with Crippen LogP contribution in [0.25, 0.3) is 10.8 Å². The standard InChI is InChI=1S/C55H63N3O9/c1-32-5-3-6-34(23-32)31-67-51-28-37(27-49(64)54(51)65)35-10-13-42-41-14-12-40(59)25-36(41)11-15-44(42)58-52-29-38(19-22-57-52)55(20-18-45(60)43(55)30-39-7-4-21-56-39)53(48(63)26-35)47(62)17-9-33-8-16-46(61)50(24-33)66-2/h3-4,6-8,11-12,14-16,19,21,24-25,27-29,32,34-35,43,45,47,53,56-62,64-65H,5,9-10,13,17-18,20,22-23,26,30-31H2,1-2H3/t32-,34-,35-,43-,45+,47-,53+,55-/m1/s1. The van der Waals surface area contributed by atoms with Crippen molar-refractivity contribution >= 4 is 22.2 Å². The summed E-state index contributed by atoms with van der Waals surface area (Å²) in [5.74, 6) is -0.904. The Labute approximate surface area is 391 Å². The Balaban J connectivity index is 1.19. The summed E-state index contributed by atoms with van der Waals surface area (Å²) in [5, 5.41) is 77.5. The molecule has 4 aromatic carbocycles. The highest BCUT2D eigenvalue weighted by atomic mass is 16.5. The van der Waals surface area contributed by atoms with Crippen molar-refractivity contribution in [3.63, 3.8) is 0 Å². The molecule has 0 radical (unpaired) electrons. The van der Waals surface area contributed by atoms with Gasteiger partial charge in [0, 0.05) is 47.8 Å². The number of nitrogens with one attached hydrogen (secondary N) is 3. The molecule has 2 bridgehead atoms. The number of hydrogen-bond donors (Lipinski definition) is 9. The number of carbonyl (C=O) groups excluding carboxylic acids is 1. The third-order valence-corrected chi connectivity index (χ3v) is 15.0. The number of ether oxygens (including phenoxy) is 2. The Morgan fingerprint density at radius 3 is 2.63 bits per heavy atom. The van der Waals surface area contributed by atoms with Crippen molar-refractivity contribution in [2.75, 3.05) is 25.6 Å². The fourth-order valence-corrected chi connectivity index (χ4v) is 11.7. The van der Waals surface area contributed by atoms with Gasteiger partial charge in [-0.05, 0) is 163 Å². The van der Waals surface area contributed by atoms with E-state index in [1.807, 2.05) is 42.6 Å². The minimum absolute atomic E-state index is 0.00546. The number of Topliss-reactive ketones (excluding diaryl/α,β-unsaturated/α-hetero) is 1. The van der Waals surface area contributed by atoms with E-state index in [0.717, 1.165) is 57.5 Å². The quantitative estimate of drug-likeness (QED) is 0.0453. The number of aryl methyl sites for hydroxylation is 2. The third kappa shape index (κ3) is 9.47. The number of aromatic amines is 1. The van der Waals surface area contributed by atoms with Crippen molar-refractivity contribution in [1.82, 2.24) is 10.3 Å². The molecule has 4 aliphatic rings. The zero-order valence-electron chi connectivity index (χ0n) is 38.2. The van der Waals surface area contributed by atoms with E-state index < -0.39 is 35.4 Å². The van der Waals surface area contributed by atoms with Crippen LogP contribution in [0.5, 0.6) is 34.5 Å². The van der Waals surface area contributed by atoms with E-state index in [0.29, 0.717) is 68.9 Å². The Bertz CT molecular complexity index is 2690. The highest BCUT2D eigenvalue weighted by molar-refractivity contribution is 5.91. The van der Waals surface area contributed by atoms with Gasteiger partial charge in [-0.3, -0.25) is 4.79 Å². The van der Waals surface area contributed by atoms with E-state index in [-0.39, 0.29) is 53.3 Å². The lowest BCUT2D eigenvalue weighted by atomic mass is 9.57. The Kier molecular flexibility index (Phi) is 13.3. The van der Waals surface area contributed by atoms with Crippen molar-refractivity contribution in [2.24, 2.45) is 29.1 Å². The number of rotatable bonds is 11. The average molecular weight is 910 g/mol. The summed E-state index contributed by atoms with van der Waals surface area (Å²) in [4.78, 5) is 19.3. The minimum Gasteiger partial charge on any atom is -0.508 e. The van der Waals surface area contributed by atoms with Gasteiger partial charge in [0.2, 0.25) is 5.75 Å². The predicted molar refractivity (Wildman–Crippen MR) is 259 cm³/mol. The van der Waals surface area contributed by atoms with E-state index in [1.54, 1.807) is 36.4 Å². The monoisotopic (exact) mass is 909 g/mol. The van der Waals surface area contributed by atoms with Crippen LogP contribution < -0.4 is 20.1 Å². The molecule has 0 amide bonds. The van der Waals surface area contributed by atoms with Gasteiger partial charge in [-0.1, -0.05) is 43.4 Å². The number of methoxy groups -OCH3 is 1. The van der Waals surface area contributed by atoms with Gasteiger partial charge in [0.1, 0.15) is 17.4 Å². The smallest absolute Gasteiger partial charge is 0.200 e. The zero-order valence-corrected chi connectivity index (χ0v) is 38.2. The number of aliphatic hydroxyl groups is 2. The van der Waals surface area contributed by atoms with Crippen LogP contribution in [-0.2, 0) is 24.1 Å². The number of aliphatic hydroxyl groups excluding tert-OH is 2. The molecule has 67 heavy (non-hydrogen) atoms. The van der Waals surface area contributed by atoms with E-state index in [9.17, 15) is 30.6 Å². The topological polar surface area (TPSA) is 197 Å². The largest absolute Gasteiger partial charge is 0.508 e. The van der Waals surface area contributed by atoms with Crippen LogP contribution in [0, 0.1) is 29.1 Å². The summed E-state index contributed by atoms with van der Waals surface area (Å²) in [7, 11) is 1.49. The molecule has 1 spiro atoms. The van der Waals surface area contributed by atoms with Crippen LogP contribution in [0.4, 0.5) is 5.69 Å². The number of allylic oxidation sites excluding steroid dienone is 3. The van der Waals surface area contributed by atoms with Crippen molar-refractivity contribution in [3.8, 4) is 34.5 Å². The number of benzene rings is 4. The molecule has 9 N–H and O–H groups in total. The maximum absolute atomic E-state index is 16.0. The van der Waals surface area contributed by atoms with Gasteiger partial charge in [-0.25, -0.2) is 0 Å². The molecule has 12 nitrogen and oxygen atoms in total. The molecule has 0 saturated heterocycles. The normalized spacial score (nSPS) is 25.7. The number of ketones is 1. The van der Waals surface area contributed by atoms with Crippen LogP contribution in [-0.4, -0.2) is 73.9 Å². The second-order valence-corrected chi connectivity index (χ2v) is 19.3. The second-order valence-electron chi connectivity index (χ2n) is 19.3. The lowest BCUT2D eigenvalue weighted by Crippen LogP contribution is -2.50. The van der Waals surface area contributed by atoms with Crippen molar-refractivity contribution < 1.29 is 44.9 Å². The van der Waals surface area contributed by atoms with E-state index in [2.05, 4.69) is 40.8 Å². The van der Waals surface area contributed by atoms with Gasteiger partial charge in [0.05, 0.1) is 31.8 Å². The summed E-state index contributed by atoms with van der Waals surface area (Å²) in [6.45, 7) is 2.95. The fourth-order valence-electron chi connectivity index (χ4n) is 11.7. The maximum atomic E-state index is 16.0. The van der Waals surface area contributed by atoms with Crippen molar-refractivity contribution in [2.45, 2.75) is 89.3 Å². The van der Waals surface area contributed by atoms with Crippen LogP contribution in [0.3, 0.4) is 0 Å². The van der Waals surface area contributed by atoms with E-state index in [4.69, 9.17) is 9.47 Å². The average Bonchev–Trinajstić information content (AvgIpc) is 3.96. The Morgan fingerprint density at radius 1 is 0.955 bits per heavy atom. The summed E-state index contributed by atoms with van der Waals surface area (Å²) >= 11 is 0. The van der Waals surface area contributed by atoms with E-state index >= 15 is 4.79 Å². The SMILES string of the molecule is COc1cc(CC[C@@H](O)[C@H]2C(=O)C[C@H](c3cc(O)c(O)c(OC[C@@H]4C=CC[C@@H](C)C4)c3)CCc3c(ccc4cc(O)ccc34)NC3=CC(=CCN3)[C@@]23CC[C@H](O)[C@H]3Cc2ccc[nH]2)ccc1O. The fraction of sp³-hybridized carbons (Fsp3) is 0.400. The first-order valence-corrected chi connectivity index (χ1v) is 23.8. The molecule has 352 valence electrons. The predicted octanol–water partition coefficient (Wildman–Crippen LogP) is 9.06. The number of fused-ring (bicyclic) bond motifs is 5. The number of aromatic hydroxyl groups is 4. The molecular weight excluding hydrogens is 847 g/mol. The van der Waals surface area contributed by atoms with Crippen LogP contribution >= 0.6 is 0 Å². The number of dihydropyridines is 1. The molecule has 2 aliphatic heterocycles. The number of hydrogen-bond acceptors (Lipinski definition) is 11. The van der Waals surface area contributed by atoms with Gasteiger partial charge >= 0.3 is 0 Å². The molecule has 1 fully saturated rings. The molecular formula is C55H63N3O9. The zero-order chi connectivity index (χ0) is 46.8. The van der Waals surface area contributed by atoms with Gasteiger partial charge in [-0.15, -0.1) is 0 Å². The summed E-state index contributed by atoms with van der Waals surface area (Å²) in [5.41, 5.74) is 4.00. The molecule has 8 atom stereocenters. The molecule has 5 aromatic rings.